The SMILES string of the molecule is CCC(Br)c1nnc(-c2cccc(O)c2)s1. The van der Waals surface area contributed by atoms with E-state index in [-0.39, 0.29) is 10.6 Å². The number of phenolic OH excluding ortho intramolecular Hbond substituents is 1. The summed E-state index contributed by atoms with van der Waals surface area (Å²) in [5.41, 5.74) is 0.902. The minimum absolute atomic E-state index is 0.250. The number of phenols is 1. The van der Waals surface area contributed by atoms with Gasteiger partial charge in [0, 0.05) is 5.56 Å². The summed E-state index contributed by atoms with van der Waals surface area (Å²) in [5, 5.41) is 19.5. The van der Waals surface area contributed by atoms with Crippen LogP contribution in [0, 0.1) is 0 Å². The molecule has 0 saturated heterocycles. The van der Waals surface area contributed by atoms with Crippen molar-refractivity contribution in [3.05, 3.63) is 29.3 Å². The number of halogens is 1. The molecule has 5 heteroatoms. The lowest BCUT2D eigenvalue weighted by Gasteiger charge is -1.98. The summed E-state index contributed by atoms with van der Waals surface area (Å²) >= 11 is 5.09. The molecular formula is C11H11BrN2OS. The van der Waals surface area contributed by atoms with E-state index < -0.39 is 0 Å². The van der Waals surface area contributed by atoms with E-state index in [2.05, 4.69) is 33.1 Å². The smallest absolute Gasteiger partial charge is 0.147 e. The third-order valence-corrected chi connectivity index (χ3v) is 4.63. The number of rotatable bonds is 3. The van der Waals surface area contributed by atoms with Crippen LogP contribution in [0.4, 0.5) is 0 Å². The molecule has 16 heavy (non-hydrogen) atoms. The van der Waals surface area contributed by atoms with Gasteiger partial charge in [-0.15, -0.1) is 10.2 Å². The first-order valence-electron chi connectivity index (χ1n) is 4.97. The molecular weight excluding hydrogens is 288 g/mol. The van der Waals surface area contributed by atoms with Crippen LogP contribution in [0.15, 0.2) is 24.3 Å². The summed E-state index contributed by atoms with van der Waals surface area (Å²) < 4.78 is 0. The maximum atomic E-state index is 9.38. The largest absolute Gasteiger partial charge is 0.508 e. The van der Waals surface area contributed by atoms with Crippen LogP contribution in [0.25, 0.3) is 10.6 Å². The third kappa shape index (κ3) is 2.41. The predicted molar refractivity (Wildman–Crippen MR) is 69.0 cm³/mol. The molecule has 0 aliphatic heterocycles. The molecule has 2 rings (SSSR count). The van der Waals surface area contributed by atoms with Gasteiger partial charge in [0.15, 0.2) is 0 Å². The lowest BCUT2D eigenvalue weighted by molar-refractivity contribution is 0.475. The second kappa shape index (κ2) is 4.93. The van der Waals surface area contributed by atoms with E-state index in [9.17, 15) is 5.11 Å². The fraction of sp³-hybridized carbons (Fsp3) is 0.273. The van der Waals surface area contributed by atoms with Gasteiger partial charge in [-0.1, -0.05) is 46.3 Å². The molecule has 0 radical (unpaired) electrons. The van der Waals surface area contributed by atoms with Crippen LogP contribution < -0.4 is 0 Å². The van der Waals surface area contributed by atoms with Crippen molar-refractivity contribution in [1.82, 2.24) is 10.2 Å². The Morgan fingerprint density at radius 2 is 2.25 bits per heavy atom. The summed E-state index contributed by atoms with van der Waals surface area (Å²) in [6.07, 6.45) is 0.981. The fourth-order valence-electron chi connectivity index (χ4n) is 1.29. The summed E-state index contributed by atoms with van der Waals surface area (Å²) in [7, 11) is 0. The second-order valence-corrected chi connectivity index (χ2v) is 5.49. The maximum absolute atomic E-state index is 9.38. The van der Waals surface area contributed by atoms with Gasteiger partial charge in [-0.3, -0.25) is 0 Å². The molecule has 0 spiro atoms. The van der Waals surface area contributed by atoms with E-state index in [1.54, 1.807) is 29.5 Å². The van der Waals surface area contributed by atoms with Crippen LogP contribution in [0.2, 0.25) is 0 Å². The van der Waals surface area contributed by atoms with Crippen molar-refractivity contribution < 1.29 is 5.11 Å². The van der Waals surface area contributed by atoms with Gasteiger partial charge in [-0.05, 0) is 18.6 Å². The highest BCUT2D eigenvalue weighted by Gasteiger charge is 2.12. The van der Waals surface area contributed by atoms with Gasteiger partial charge in [-0.25, -0.2) is 0 Å². The Kier molecular flexibility index (Phi) is 3.56. The highest BCUT2D eigenvalue weighted by atomic mass is 79.9. The molecule has 1 atom stereocenters. The fourth-order valence-corrected chi connectivity index (χ4v) is 2.56. The van der Waals surface area contributed by atoms with Crippen LogP contribution in [0.1, 0.15) is 23.2 Å². The number of benzene rings is 1. The van der Waals surface area contributed by atoms with Gasteiger partial charge in [0.25, 0.3) is 0 Å². The molecule has 0 fully saturated rings. The number of hydrogen-bond acceptors (Lipinski definition) is 4. The second-order valence-electron chi connectivity index (χ2n) is 3.37. The topological polar surface area (TPSA) is 46.0 Å². The average molecular weight is 299 g/mol. The van der Waals surface area contributed by atoms with Crippen LogP contribution in [0.5, 0.6) is 5.75 Å². The van der Waals surface area contributed by atoms with E-state index in [0.29, 0.717) is 0 Å². The van der Waals surface area contributed by atoms with E-state index in [4.69, 9.17) is 0 Å². The number of hydrogen-bond donors (Lipinski definition) is 1. The van der Waals surface area contributed by atoms with Gasteiger partial charge in [-0.2, -0.15) is 0 Å². The van der Waals surface area contributed by atoms with Crippen molar-refractivity contribution >= 4 is 27.3 Å². The predicted octanol–water partition coefficient (Wildman–Crippen LogP) is 3.76. The minimum atomic E-state index is 0.250. The highest BCUT2D eigenvalue weighted by Crippen LogP contribution is 2.33. The van der Waals surface area contributed by atoms with Crippen LogP contribution in [0.3, 0.4) is 0 Å². The highest BCUT2D eigenvalue weighted by molar-refractivity contribution is 9.09. The lowest BCUT2D eigenvalue weighted by atomic mass is 10.2. The summed E-state index contributed by atoms with van der Waals surface area (Å²) in [5.74, 6) is 0.250. The van der Waals surface area contributed by atoms with Crippen molar-refractivity contribution in [2.45, 2.75) is 18.2 Å². The van der Waals surface area contributed by atoms with Gasteiger partial charge in [0.05, 0.1) is 4.83 Å². The van der Waals surface area contributed by atoms with Gasteiger partial charge < -0.3 is 5.11 Å². The first-order chi connectivity index (χ1) is 7.70. The molecule has 84 valence electrons. The van der Waals surface area contributed by atoms with Crippen LogP contribution >= 0.6 is 27.3 Å². The van der Waals surface area contributed by atoms with E-state index in [1.165, 1.54) is 0 Å². The molecule has 0 aliphatic rings. The Bertz CT molecular complexity index is 486. The average Bonchev–Trinajstić information content (AvgIpc) is 2.77. The van der Waals surface area contributed by atoms with Gasteiger partial charge in [0.2, 0.25) is 0 Å². The van der Waals surface area contributed by atoms with Crippen LogP contribution in [-0.4, -0.2) is 15.3 Å². The Labute approximate surface area is 106 Å². The van der Waals surface area contributed by atoms with Crippen molar-refractivity contribution in [3.63, 3.8) is 0 Å². The summed E-state index contributed by atoms with van der Waals surface area (Å²) in [6, 6.07) is 7.06. The molecule has 3 nitrogen and oxygen atoms in total. The Morgan fingerprint density at radius 1 is 1.44 bits per heavy atom. The molecule has 1 N–H and O–H groups in total. The summed E-state index contributed by atoms with van der Waals surface area (Å²) in [4.78, 5) is 0.260. The Hall–Kier alpha value is -0.940. The first kappa shape index (κ1) is 11.5. The normalized spacial score (nSPS) is 12.6. The zero-order chi connectivity index (χ0) is 11.5. The number of alkyl halides is 1. The molecule has 0 bridgehead atoms. The van der Waals surface area contributed by atoms with Crippen LogP contribution in [-0.2, 0) is 0 Å². The van der Waals surface area contributed by atoms with Crippen molar-refractivity contribution in [3.8, 4) is 16.3 Å². The Morgan fingerprint density at radius 3 is 2.94 bits per heavy atom. The molecule has 1 aromatic carbocycles. The molecule has 0 saturated carbocycles. The molecule has 0 amide bonds. The quantitative estimate of drug-likeness (QED) is 0.878. The number of nitrogens with zero attached hydrogens (tertiary/aromatic N) is 2. The third-order valence-electron chi connectivity index (χ3n) is 2.16. The monoisotopic (exact) mass is 298 g/mol. The lowest BCUT2D eigenvalue weighted by Crippen LogP contribution is -1.84. The standard InChI is InChI=1S/C11H11BrN2OS/c1-2-9(12)11-14-13-10(16-11)7-4-3-5-8(15)6-7/h3-6,9,15H,2H2,1H3. The minimum Gasteiger partial charge on any atom is -0.508 e. The zero-order valence-corrected chi connectivity index (χ0v) is 11.1. The van der Waals surface area contributed by atoms with E-state index in [1.807, 2.05) is 6.07 Å². The molecule has 1 aromatic heterocycles. The van der Waals surface area contributed by atoms with Gasteiger partial charge in [0.1, 0.15) is 15.8 Å². The molecule has 1 heterocycles. The molecule has 0 aliphatic carbocycles. The van der Waals surface area contributed by atoms with E-state index in [0.717, 1.165) is 22.0 Å². The molecule has 2 aromatic rings. The van der Waals surface area contributed by atoms with Crippen molar-refractivity contribution in [2.75, 3.05) is 0 Å². The maximum Gasteiger partial charge on any atom is 0.147 e. The summed E-state index contributed by atoms with van der Waals surface area (Å²) in [6.45, 7) is 2.09. The van der Waals surface area contributed by atoms with Crippen molar-refractivity contribution in [2.24, 2.45) is 0 Å². The number of aromatic nitrogens is 2. The molecule has 1 unspecified atom stereocenters. The van der Waals surface area contributed by atoms with E-state index >= 15 is 0 Å². The Balaban J connectivity index is 2.31. The van der Waals surface area contributed by atoms with Gasteiger partial charge >= 0.3 is 0 Å². The first-order valence-corrected chi connectivity index (χ1v) is 6.70. The van der Waals surface area contributed by atoms with Crippen molar-refractivity contribution in [1.29, 1.82) is 0 Å². The number of aromatic hydroxyl groups is 1. The zero-order valence-electron chi connectivity index (χ0n) is 8.72.